The maximum absolute atomic E-state index is 12.6. The van der Waals surface area contributed by atoms with Crippen LogP contribution in [0.4, 0.5) is 26.7 Å². The lowest BCUT2D eigenvalue weighted by Gasteiger charge is -2.18. The van der Waals surface area contributed by atoms with Gasteiger partial charge in [-0.05, 0) is 66.9 Å². The Kier molecular flexibility index (Phi) is 9.90. The molecule has 37 heavy (non-hydrogen) atoms. The highest BCUT2D eigenvalue weighted by molar-refractivity contribution is 6.00. The van der Waals surface area contributed by atoms with Gasteiger partial charge < -0.3 is 24.8 Å². The van der Waals surface area contributed by atoms with Gasteiger partial charge in [0.1, 0.15) is 12.4 Å². The van der Waals surface area contributed by atoms with Crippen LogP contribution in [0.5, 0.6) is 5.75 Å². The standard InChI is InChI=1S/C28H31N3O6/c1-20-8-4-5-11-25(20)30-27(33)29-22-13-15-23(16-14-22)31(2)28(34)37-19-21-9-6-10-24(18-21)36-17-7-12-26(32)35-3/h4-6,8-11,13-16,18H,7,12,17,19H2,1-3H3,(H2,29,30,33). The Labute approximate surface area is 216 Å². The van der Waals surface area contributed by atoms with E-state index < -0.39 is 6.09 Å². The van der Waals surface area contributed by atoms with Crippen molar-refractivity contribution in [3.63, 3.8) is 0 Å². The van der Waals surface area contributed by atoms with Crippen LogP contribution in [0.1, 0.15) is 24.0 Å². The molecule has 9 nitrogen and oxygen atoms in total. The third-order valence-electron chi connectivity index (χ3n) is 5.46. The van der Waals surface area contributed by atoms with E-state index in [1.807, 2.05) is 43.3 Å². The van der Waals surface area contributed by atoms with E-state index in [1.165, 1.54) is 12.0 Å². The molecule has 3 amide bonds. The van der Waals surface area contributed by atoms with Gasteiger partial charge in [-0.3, -0.25) is 9.69 Å². The first-order valence-electron chi connectivity index (χ1n) is 11.8. The van der Waals surface area contributed by atoms with E-state index in [0.717, 1.165) is 16.8 Å². The number of para-hydroxylation sites is 1. The minimum absolute atomic E-state index is 0.0707. The van der Waals surface area contributed by atoms with Crippen LogP contribution in [0.2, 0.25) is 0 Å². The van der Waals surface area contributed by atoms with Gasteiger partial charge >= 0.3 is 18.1 Å². The Morgan fingerprint density at radius 2 is 1.68 bits per heavy atom. The monoisotopic (exact) mass is 505 g/mol. The lowest BCUT2D eigenvalue weighted by Crippen LogP contribution is -2.27. The van der Waals surface area contributed by atoms with Crippen molar-refractivity contribution in [1.82, 2.24) is 0 Å². The van der Waals surface area contributed by atoms with Gasteiger partial charge in [0.05, 0.1) is 13.7 Å². The number of rotatable bonds is 10. The first-order valence-corrected chi connectivity index (χ1v) is 11.8. The predicted molar refractivity (Wildman–Crippen MR) is 142 cm³/mol. The molecule has 194 valence electrons. The number of benzene rings is 3. The van der Waals surface area contributed by atoms with Crippen LogP contribution in [0, 0.1) is 6.92 Å². The number of hydrogen-bond donors (Lipinski definition) is 2. The number of esters is 1. The zero-order chi connectivity index (χ0) is 26.6. The summed E-state index contributed by atoms with van der Waals surface area (Å²) in [5, 5.41) is 5.58. The smallest absolute Gasteiger partial charge is 0.414 e. The Hall–Kier alpha value is -4.53. The molecule has 0 aliphatic rings. The fourth-order valence-electron chi connectivity index (χ4n) is 3.35. The van der Waals surface area contributed by atoms with E-state index in [4.69, 9.17) is 9.47 Å². The number of anilines is 3. The number of aryl methyl sites for hydroxylation is 1. The summed E-state index contributed by atoms with van der Waals surface area (Å²) < 4.78 is 15.7. The average Bonchev–Trinajstić information content (AvgIpc) is 2.91. The molecule has 0 atom stereocenters. The zero-order valence-electron chi connectivity index (χ0n) is 21.2. The maximum Gasteiger partial charge on any atom is 0.414 e. The number of nitrogens with zero attached hydrogens (tertiary/aromatic N) is 1. The molecule has 0 heterocycles. The Balaban J connectivity index is 1.46. The van der Waals surface area contributed by atoms with E-state index in [2.05, 4.69) is 15.4 Å². The van der Waals surface area contributed by atoms with Gasteiger partial charge in [0, 0.05) is 30.5 Å². The molecule has 0 spiro atoms. The molecule has 2 N–H and O–H groups in total. The molecule has 0 saturated heterocycles. The lowest BCUT2D eigenvalue weighted by atomic mass is 10.2. The number of ether oxygens (including phenoxy) is 3. The number of methoxy groups -OCH3 is 1. The van der Waals surface area contributed by atoms with Crippen LogP contribution >= 0.6 is 0 Å². The second-order valence-electron chi connectivity index (χ2n) is 8.23. The van der Waals surface area contributed by atoms with E-state index >= 15 is 0 Å². The van der Waals surface area contributed by atoms with Crippen LogP contribution in [-0.2, 0) is 20.9 Å². The molecule has 3 aromatic rings. The first-order chi connectivity index (χ1) is 17.9. The Morgan fingerprint density at radius 3 is 2.41 bits per heavy atom. The van der Waals surface area contributed by atoms with Crippen molar-refractivity contribution < 1.29 is 28.6 Å². The van der Waals surface area contributed by atoms with Gasteiger partial charge in [-0.15, -0.1) is 0 Å². The van der Waals surface area contributed by atoms with E-state index in [0.29, 0.717) is 30.2 Å². The van der Waals surface area contributed by atoms with Crippen molar-refractivity contribution in [2.75, 3.05) is 36.3 Å². The number of urea groups is 1. The third kappa shape index (κ3) is 8.57. The molecule has 0 fully saturated rings. The van der Waals surface area contributed by atoms with Gasteiger partial charge in [0.2, 0.25) is 0 Å². The summed E-state index contributed by atoms with van der Waals surface area (Å²) >= 11 is 0. The highest BCUT2D eigenvalue weighted by atomic mass is 16.6. The number of carbonyl (C=O) groups excluding carboxylic acids is 3. The van der Waals surface area contributed by atoms with Crippen molar-refractivity contribution >= 4 is 35.2 Å². The average molecular weight is 506 g/mol. The minimum atomic E-state index is -0.526. The van der Waals surface area contributed by atoms with Gasteiger partial charge in [0.25, 0.3) is 0 Å². The third-order valence-corrected chi connectivity index (χ3v) is 5.46. The predicted octanol–water partition coefficient (Wildman–Crippen LogP) is 5.74. The first kappa shape index (κ1) is 27.1. The quantitative estimate of drug-likeness (QED) is 0.269. The van der Waals surface area contributed by atoms with Crippen LogP contribution in [-0.4, -0.2) is 38.9 Å². The maximum atomic E-state index is 12.6. The van der Waals surface area contributed by atoms with Crippen LogP contribution in [0.15, 0.2) is 72.8 Å². The van der Waals surface area contributed by atoms with Crippen LogP contribution in [0.25, 0.3) is 0 Å². The second-order valence-corrected chi connectivity index (χ2v) is 8.23. The Morgan fingerprint density at radius 1 is 0.919 bits per heavy atom. The van der Waals surface area contributed by atoms with E-state index in [-0.39, 0.29) is 25.0 Å². The van der Waals surface area contributed by atoms with Crippen molar-refractivity contribution in [1.29, 1.82) is 0 Å². The summed E-state index contributed by atoms with van der Waals surface area (Å²) in [6, 6.07) is 21.2. The van der Waals surface area contributed by atoms with Crippen LogP contribution < -0.4 is 20.3 Å². The molecule has 0 aliphatic carbocycles. The van der Waals surface area contributed by atoms with E-state index in [1.54, 1.807) is 43.4 Å². The van der Waals surface area contributed by atoms with Crippen molar-refractivity contribution in [3.8, 4) is 5.75 Å². The molecule has 0 aromatic heterocycles. The Bertz CT molecular complexity index is 1210. The molecule has 0 radical (unpaired) electrons. The molecule has 0 saturated carbocycles. The molecular formula is C28H31N3O6. The van der Waals surface area contributed by atoms with Gasteiger partial charge in [-0.1, -0.05) is 30.3 Å². The van der Waals surface area contributed by atoms with Crippen molar-refractivity contribution in [2.45, 2.75) is 26.4 Å². The lowest BCUT2D eigenvalue weighted by molar-refractivity contribution is -0.140. The number of carbonyl (C=O) groups is 3. The minimum Gasteiger partial charge on any atom is -0.494 e. The summed E-state index contributed by atoms with van der Waals surface area (Å²) in [7, 11) is 2.96. The molecule has 3 rings (SSSR count). The van der Waals surface area contributed by atoms with Crippen LogP contribution in [0.3, 0.4) is 0 Å². The fourth-order valence-corrected chi connectivity index (χ4v) is 3.35. The number of nitrogens with one attached hydrogen (secondary N) is 2. The topological polar surface area (TPSA) is 106 Å². The summed E-state index contributed by atoms with van der Waals surface area (Å²) in [5.74, 6) is 0.351. The number of hydrogen-bond acceptors (Lipinski definition) is 6. The summed E-state index contributed by atoms with van der Waals surface area (Å²) in [5.41, 5.74) is 3.65. The highest BCUT2D eigenvalue weighted by Crippen LogP contribution is 2.20. The van der Waals surface area contributed by atoms with Gasteiger partial charge in [0.15, 0.2) is 0 Å². The van der Waals surface area contributed by atoms with Gasteiger partial charge in [-0.2, -0.15) is 0 Å². The largest absolute Gasteiger partial charge is 0.494 e. The second kappa shape index (κ2) is 13.5. The molecule has 9 heteroatoms. The van der Waals surface area contributed by atoms with Crippen molar-refractivity contribution in [3.05, 3.63) is 83.9 Å². The molecular weight excluding hydrogens is 474 g/mol. The molecule has 0 bridgehead atoms. The van der Waals surface area contributed by atoms with Crippen molar-refractivity contribution in [2.24, 2.45) is 0 Å². The van der Waals surface area contributed by atoms with Gasteiger partial charge in [-0.25, -0.2) is 9.59 Å². The van der Waals surface area contributed by atoms with E-state index in [9.17, 15) is 14.4 Å². The molecule has 3 aromatic carbocycles. The number of amides is 3. The molecule has 0 aliphatic heterocycles. The summed E-state index contributed by atoms with van der Waals surface area (Å²) in [4.78, 5) is 37.4. The molecule has 0 unspecified atom stereocenters. The SMILES string of the molecule is COC(=O)CCCOc1cccc(COC(=O)N(C)c2ccc(NC(=O)Nc3ccccc3C)cc2)c1. The summed E-state index contributed by atoms with van der Waals surface area (Å²) in [6.07, 6.45) is 0.308. The zero-order valence-corrected chi connectivity index (χ0v) is 21.2. The summed E-state index contributed by atoms with van der Waals surface area (Å²) in [6.45, 7) is 2.36. The normalized spacial score (nSPS) is 10.2. The highest BCUT2D eigenvalue weighted by Gasteiger charge is 2.13. The fraction of sp³-hybridized carbons (Fsp3) is 0.250.